The Morgan fingerprint density at radius 3 is 1.28 bits per heavy atom. The third kappa shape index (κ3) is 8.50. The zero-order valence-corrected chi connectivity index (χ0v) is 30.1. The smallest absolute Gasteiger partial charge is 0.261 e. The highest BCUT2D eigenvalue weighted by Gasteiger charge is 2.53. The molecule has 1 heterocycles. The lowest BCUT2D eigenvalue weighted by Gasteiger charge is -2.47. The molecule has 1 aliphatic rings. The van der Waals surface area contributed by atoms with Gasteiger partial charge in [0, 0.05) is 0 Å². The third-order valence-electron chi connectivity index (χ3n) is 9.35. The third-order valence-corrected chi connectivity index (χ3v) is 14.4. The van der Waals surface area contributed by atoms with Crippen LogP contribution in [0.4, 0.5) is 0 Å². The Labute approximate surface area is 297 Å². The highest BCUT2D eigenvalue weighted by atomic mass is 28.4. The van der Waals surface area contributed by atoms with E-state index in [2.05, 4.69) is 69.3 Å². The Morgan fingerprint density at radius 1 is 0.520 bits per heavy atom. The summed E-state index contributed by atoms with van der Waals surface area (Å²) in [5.74, 6) is 0. The summed E-state index contributed by atoms with van der Waals surface area (Å²) in [5.41, 5.74) is 3.02. The highest BCUT2D eigenvalue weighted by Crippen LogP contribution is 2.38. The fourth-order valence-electron chi connectivity index (χ4n) is 6.87. The molecule has 0 bridgehead atoms. The Bertz CT molecular complexity index is 1660. The maximum atomic E-state index is 11.7. The Morgan fingerprint density at radius 2 is 0.880 bits per heavy atom. The maximum Gasteiger partial charge on any atom is 0.261 e. The quantitative estimate of drug-likeness (QED) is 0.126. The van der Waals surface area contributed by atoms with Gasteiger partial charge < -0.3 is 28.5 Å². The lowest BCUT2D eigenvalue weighted by Crippen LogP contribution is -2.68. The standard InChI is InChI=1S/C43H48O6Si/c1-43(2,3)50(36-25-15-7-16-26-36,37-27-17-8-18-28-37)48-32-38-39(45-29-33-19-9-4-10-20-33)40(46-30-34-21-11-5-12-22-34)41(42(44)49-38)47-31-35-23-13-6-14-24-35/h4-28,38-42,44H,29-32H2,1-3H3/t38-,39-,40+,41+,42+/m1/s1. The van der Waals surface area contributed by atoms with Crippen molar-refractivity contribution in [1.29, 1.82) is 0 Å². The molecule has 0 spiro atoms. The van der Waals surface area contributed by atoms with Crippen LogP contribution in [0, 0.1) is 0 Å². The highest BCUT2D eigenvalue weighted by molar-refractivity contribution is 6.99. The summed E-state index contributed by atoms with van der Waals surface area (Å²) in [4.78, 5) is 0. The van der Waals surface area contributed by atoms with Crippen molar-refractivity contribution in [3.8, 4) is 0 Å². The number of benzene rings is 5. The van der Waals surface area contributed by atoms with Gasteiger partial charge in [0.05, 0.1) is 26.4 Å². The van der Waals surface area contributed by atoms with Crippen molar-refractivity contribution in [1.82, 2.24) is 0 Å². The largest absolute Gasteiger partial charge is 0.405 e. The summed E-state index contributed by atoms with van der Waals surface area (Å²) in [5, 5.41) is 13.8. The van der Waals surface area contributed by atoms with Crippen LogP contribution >= 0.6 is 0 Å². The van der Waals surface area contributed by atoms with Gasteiger partial charge >= 0.3 is 0 Å². The molecule has 260 valence electrons. The van der Waals surface area contributed by atoms with E-state index >= 15 is 0 Å². The van der Waals surface area contributed by atoms with Gasteiger partial charge in [0.25, 0.3) is 8.32 Å². The molecule has 0 aromatic heterocycles. The number of ether oxygens (including phenoxy) is 4. The molecule has 0 saturated carbocycles. The first kappa shape index (κ1) is 35.9. The van der Waals surface area contributed by atoms with Crippen LogP contribution in [-0.2, 0) is 43.2 Å². The molecule has 0 unspecified atom stereocenters. The topological polar surface area (TPSA) is 66.4 Å². The average Bonchev–Trinajstić information content (AvgIpc) is 3.15. The lowest BCUT2D eigenvalue weighted by molar-refractivity contribution is -0.314. The number of aliphatic hydroxyl groups excluding tert-OH is 1. The van der Waals surface area contributed by atoms with E-state index in [0.29, 0.717) is 13.2 Å². The normalized spacial score (nSPS) is 21.2. The Hall–Kier alpha value is -3.92. The monoisotopic (exact) mass is 688 g/mol. The van der Waals surface area contributed by atoms with Gasteiger partial charge in [-0.1, -0.05) is 172 Å². The van der Waals surface area contributed by atoms with Crippen LogP contribution in [0.5, 0.6) is 0 Å². The number of aliphatic hydroxyl groups is 1. The minimum Gasteiger partial charge on any atom is -0.405 e. The van der Waals surface area contributed by atoms with E-state index in [4.69, 9.17) is 23.4 Å². The second kappa shape index (κ2) is 16.9. The van der Waals surface area contributed by atoms with E-state index in [1.807, 2.05) is 103 Å². The fourth-order valence-corrected chi connectivity index (χ4v) is 11.4. The van der Waals surface area contributed by atoms with Gasteiger partial charge in [-0.25, -0.2) is 0 Å². The van der Waals surface area contributed by atoms with E-state index in [9.17, 15) is 5.11 Å². The van der Waals surface area contributed by atoms with Crippen molar-refractivity contribution in [3.63, 3.8) is 0 Å². The summed E-state index contributed by atoms with van der Waals surface area (Å²) in [7, 11) is -2.93. The van der Waals surface area contributed by atoms with E-state index in [1.54, 1.807) is 0 Å². The molecule has 0 amide bonds. The molecular formula is C43H48O6Si. The summed E-state index contributed by atoms with van der Waals surface area (Å²) in [6, 6.07) is 51.0. The minimum absolute atomic E-state index is 0.181. The molecule has 5 atom stereocenters. The number of hydrogen-bond donors (Lipinski definition) is 1. The van der Waals surface area contributed by atoms with Gasteiger partial charge in [-0.2, -0.15) is 0 Å². The zero-order chi connectivity index (χ0) is 34.8. The van der Waals surface area contributed by atoms with Gasteiger partial charge in [0.15, 0.2) is 6.29 Å². The molecule has 6 rings (SSSR count). The van der Waals surface area contributed by atoms with Crippen molar-refractivity contribution in [2.45, 2.75) is 76.3 Å². The van der Waals surface area contributed by atoms with E-state index < -0.39 is 39.0 Å². The summed E-state index contributed by atoms with van der Waals surface area (Å²) < 4.78 is 33.7. The van der Waals surface area contributed by atoms with Crippen LogP contribution in [0.1, 0.15) is 37.5 Å². The van der Waals surface area contributed by atoms with Gasteiger partial charge in [-0.15, -0.1) is 0 Å². The van der Waals surface area contributed by atoms with Crippen LogP contribution in [0.25, 0.3) is 0 Å². The van der Waals surface area contributed by atoms with Crippen molar-refractivity contribution >= 4 is 18.7 Å². The SMILES string of the molecule is CC(C)(C)[Si](OC[C@H]1O[C@H](O)[C@@H](OCc2ccccc2)[C@@H](OCc2ccccc2)[C@@H]1OCc1ccccc1)(c1ccccc1)c1ccccc1. The maximum absolute atomic E-state index is 11.7. The zero-order valence-electron chi connectivity index (χ0n) is 29.1. The van der Waals surface area contributed by atoms with Gasteiger partial charge in [0.1, 0.15) is 24.4 Å². The predicted octanol–water partition coefficient (Wildman–Crippen LogP) is 7.04. The van der Waals surface area contributed by atoms with Crippen LogP contribution < -0.4 is 10.4 Å². The van der Waals surface area contributed by atoms with Crippen molar-refractivity contribution in [2.24, 2.45) is 0 Å². The second-order valence-corrected chi connectivity index (χ2v) is 18.1. The van der Waals surface area contributed by atoms with Crippen molar-refractivity contribution in [2.75, 3.05) is 6.61 Å². The lowest BCUT2D eigenvalue weighted by atomic mass is 9.98. The molecule has 1 fully saturated rings. The first-order valence-electron chi connectivity index (χ1n) is 17.4. The molecule has 7 heteroatoms. The molecule has 1 aliphatic heterocycles. The van der Waals surface area contributed by atoms with E-state index in [1.165, 1.54) is 0 Å². The molecule has 0 aliphatic carbocycles. The second-order valence-electron chi connectivity index (χ2n) is 13.8. The fraction of sp³-hybridized carbons (Fsp3) is 0.302. The molecule has 50 heavy (non-hydrogen) atoms. The molecule has 1 saturated heterocycles. The van der Waals surface area contributed by atoms with Crippen molar-refractivity contribution < 1.29 is 28.5 Å². The predicted molar refractivity (Wildman–Crippen MR) is 200 cm³/mol. The summed E-state index contributed by atoms with van der Waals surface area (Å²) in [6.07, 6.45) is -4.04. The van der Waals surface area contributed by atoms with Gasteiger partial charge in [-0.05, 0) is 32.1 Å². The van der Waals surface area contributed by atoms with Crippen LogP contribution in [0.3, 0.4) is 0 Å². The van der Waals surface area contributed by atoms with Crippen LogP contribution in [-0.4, -0.2) is 50.7 Å². The van der Waals surface area contributed by atoms with E-state index in [-0.39, 0.29) is 18.3 Å². The molecule has 0 radical (unpaired) electrons. The van der Waals surface area contributed by atoms with Crippen molar-refractivity contribution in [3.05, 3.63) is 168 Å². The van der Waals surface area contributed by atoms with Crippen LogP contribution in [0.2, 0.25) is 5.04 Å². The molecule has 1 N–H and O–H groups in total. The summed E-state index contributed by atoms with van der Waals surface area (Å²) in [6.45, 7) is 7.86. The van der Waals surface area contributed by atoms with Gasteiger partial charge in [-0.3, -0.25) is 0 Å². The minimum atomic E-state index is -2.93. The molecule has 5 aromatic rings. The first-order chi connectivity index (χ1) is 24.3. The number of rotatable bonds is 14. The van der Waals surface area contributed by atoms with Gasteiger partial charge in [0.2, 0.25) is 0 Å². The molecular weight excluding hydrogens is 641 g/mol. The Kier molecular flexibility index (Phi) is 12.1. The Balaban J connectivity index is 1.36. The first-order valence-corrected chi connectivity index (χ1v) is 19.3. The molecule has 5 aromatic carbocycles. The molecule has 6 nitrogen and oxygen atoms in total. The summed E-state index contributed by atoms with van der Waals surface area (Å²) >= 11 is 0. The van der Waals surface area contributed by atoms with E-state index in [0.717, 1.165) is 27.1 Å². The van der Waals surface area contributed by atoms with Crippen LogP contribution in [0.15, 0.2) is 152 Å². The number of hydrogen-bond acceptors (Lipinski definition) is 6. The average molecular weight is 689 g/mol.